The second kappa shape index (κ2) is 6.49. The fourth-order valence-electron chi connectivity index (χ4n) is 1.28. The summed E-state index contributed by atoms with van der Waals surface area (Å²) in [6.07, 6.45) is 0.558. The Kier molecular flexibility index (Phi) is 4.96. The summed E-state index contributed by atoms with van der Waals surface area (Å²) in [5, 5.41) is 5.10. The molecule has 0 aliphatic rings. The highest BCUT2D eigenvalue weighted by atomic mass is 16.5. The minimum Gasteiger partial charge on any atom is -0.495 e. The smallest absolute Gasteiger partial charge is 0.250 e. The molecule has 0 bridgehead atoms. The first-order valence-electron chi connectivity index (χ1n) is 4.88. The van der Waals surface area contributed by atoms with Gasteiger partial charge in [-0.3, -0.25) is 9.59 Å². The Bertz CT molecular complexity index is 406. The molecule has 0 atom stereocenters. The van der Waals surface area contributed by atoms with Crippen LogP contribution in [0.4, 0.5) is 11.4 Å². The van der Waals surface area contributed by atoms with Crippen molar-refractivity contribution >= 4 is 23.7 Å². The fourth-order valence-corrected chi connectivity index (χ4v) is 1.28. The first kappa shape index (κ1) is 13.0. The van der Waals surface area contributed by atoms with Gasteiger partial charge in [-0.15, -0.1) is 0 Å². The van der Waals surface area contributed by atoms with Crippen molar-refractivity contribution in [2.45, 2.75) is 0 Å². The molecule has 6 nitrogen and oxygen atoms in total. The highest BCUT2D eigenvalue weighted by Crippen LogP contribution is 2.27. The Hall–Kier alpha value is -2.08. The van der Waals surface area contributed by atoms with E-state index in [2.05, 4.69) is 10.6 Å². The van der Waals surface area contributed by atoms with Crippen molar-refractivity contribution in [2.24, 2.45) is 0 Å². The Morgan fingerprint density at radius 3 is 2.76 bits per heavy atom. The third-order valence-electron chi connectivity index (χ3n) is 1.97. The Labute approximate surface area is 98.9 Å². The van der Waals surface area contributed by atoms with Crippen LogP contribution in [0.5, 0.6) is 5.75 Å². The van der Waals surface area contributed by atoms with Gasteiger partial charge in [-0.2, -0.15) is 0 Å². The fraction of sp³-hybridized carbons (Fsp3) is 0.273. The van der Waals surface area contributed by atoms with Crippen LogP contribution in [0.2, 0.25) is 0 Å². The van der Waals surface area contributed by atoms with E-state index in [1.807, 2.05) is 0 Å². The van der Waals surface area contributed by atoms with Crippen molar-refractivity contribution < 1.29 is 19.1 Å². The number of hydrogen-bond donors (Lipinski definition) is 2. The van der Waals surface area contributed by atoms with Gasteiger partial charge in [0.15, 0.2) is 0 Å². The first-order chi connectivity index (χ1) is 8.21. The van der Waals surface area contributed by atoms with Crippen LogP contribution in [0, 0.1) is 0 Å². The standard InChI is InChI=1S/C11H14N2O4/c1-16-6-11(15)13-9-5-8(12-7-14)3-4-10(9)17-2/h3-5,7H,6H2,1-2H3,(H,12,14)(H,13,15). The molecule has 0 fully saturated rings. The van der Waals surface area contributed by atoms with Gasteiger partial charge < -0.3 is 20.1 Å². The lowest BCUT2D eigenvalue weighted by Gasteiger charge is -2.11. The largest absolute Gasteiger partial charge is 0.495 e. The summed E-state index contributed by atoms with van der Waals surface area (Å²) in [6, 6.07) is 4.91. The number of nitrogens with one attached hydrogen (secondary N) is 2. The van der Waals surface area contributed by atoms with E-state index in [9.17, 15) is 9.59 Å². The Balaban J connectivity index is 2.89. The lowest BCUT2D eigenvalue weighted by atomic mass is 10.2. The number of anilines is 2. The van der Waals surface area contributed by atoms with Gasteiger partial charge in [0.1, 0.15) is 12.4 Å². The zero-order chi connectivity index (χ0) is 12.7. The summed E-state index contributed by atoms with van der Waals surface area (Å²) >= 11 is 0. The van der Waals surface area contributed by atoms with Crippen LogP contribution >= 0.6 is 0 Å². The molecule has 6 heteroatoms. The van der Waals surface area contributed by atoms with Crippen LogP contribution in [0.1, 0.15) is 0 Å². The summed E-state index contributed by atoms with van der Waals surface area (Å²) in [5.41, 5.74) is 1.04. The molecule has 0 unspecified atom stereocenters. The minimum atomic E-state index is -0.297. The molecule has 0 aliphatic heterocycles. The second-order valence-corrected chi connectivity index (χ2v) is 3.16. The molecule has 1 aromatic carbocycles. The molecule has 2 N–H and O–H groups in total. The van der Waals surface area contributed by atoms with E-state index < -0.39 is 0 Å². The van der Waals surface area contributed by atoms with E-state index >= 15 is 0 Å². The number of rotatable bonds is 6. The van der Waals surface area contributed by atoms with Gasteiger partial charge in [0.2, 0.25) is 12.3 Å². The molecule has 0 heterocycles. The highest BCUT2D eigenvalue weighted by molar-refractivity contribution is 5.94. The summed E-state index contributed by atoms with van der Waals surface area (Å²) in [6.45, 7) is -0.0471. The molecule has 92 valence electrons. The van der Waals surface area contributed by atoms with Gasteiger partial charge in [0.05, 0.1) is 12.8 Å². The molecule has 17 heavy (non-hydrogen) atoms. The third-order valence-corrected chi connectivity index (χ3v) is 1.97. The molecule has 0 aliphatic carbocycles. The van der Waals surface area contributed by atoms with Crippen molar-refractivity contribution in [3.63, 3.8) is 0 Å². The zero-order valence-corrected chi connectivity index (χ0v) is 9.65. The number of carbonyl (C=O) groups excluding carboxylic acids is 2. The van der Waals surface area contributed by atoms with Crippen LogP contribution < -0.4 is 15.4 Å². The molecule has 0 aromatic heterocycles. The lowest BCUT2D eigenvalue weighted by molar-refractivity contribution is -0.119. The highest BCUT2D eigenvalue weighted by Gasteiger charge is 2.08. The van der Waals surface area contributed by atoms with Crippen molar-refractivity contribution in [2.75, 3.05) is 31.5 Å². The predicted octanol–water partition coefficient (Wildman–Crippen LogP) is 0.848. The van der Waals surface area contributed by atoms with E-state index in [0.29, 0.717) is 23.5 Å². The molecule has 0 radical (unpaired) electrons. The Morgan fingerprint density at radius 1 is 1.41 bits per heavy atom. The van der Waals surface area contributed by atoms with E-state index in [4.69, 9.17) is 9.47 Å². The number of ether oxygens (including phenoxy) is 2. The Morgan fingerprint density at radius 2 is 2.18 bits per heavy atom. The zero-order valence-electron chi connectivity index (χ0n) is 9.65. The molecule has 0 saturated heterocycles. The number of hydrogen-bond acceptors (Lipinski definition) is 4. The van der Waals surface area contributed by atoms with E-state index in [1.54, 1.807) is 18.2 Å². The normalized spacial score (nSPS) is 9.53. The number of carbonyl (C=O) groups is 2. The van der Waals surface area contributed by atoms with Gasteiger partial charge in [-0.25, -0.2) is 0 Å². The maximum Gasteiger partial charge on any atom is 0.250 e. The van der Waals surface area contributed by atoms with Gasteiger partial charge in [-0.1, -0.05) is 0 Å². The maximum absolute atomic E-state index is 11.4. The van der Waals surface area contributed by atoms with Gasteiger partial charge in [0, 0.05) is 12.8 Å². The average molecular weight is 238 g/mol. The number of amides is 2. The van der Waals surface area contributed by atoms with E-state index in [1.165, 1.54) is 14.2 Å². The quantitative estimate of drug-likeness (QED) is 0.720. The molecular formula is C11H14N2O4. The van der Waals surface area contributed by atoms with Crippen LogP contribution in [0.3, 0.4) is 0 Å². The van der Waals surface area contributed by atoms with Gasteiger partial charge >= 0.3 is 0 Å². The SMILES string of the molecule is COCC(=O)Nc1cc(NC=O)ccc1OC. The van der Waals surface area contributed by atoms with Crippen molar-refractivity contribution in [3.05, 3.63) is 18.2 Å². The summed E-state index contributed by atoms with van der Waals surface area (Å²) < 4.78 is 9.79. The summed E-state index contributed by atoms with van der Waals surface area (Å²) in [4.78, 5) is 21.7. The molecule has 1 aromatic rings. The molecule has 0 saturated carbocycles. The van der Waals surface area contributed by atoms with Crippen LogP contribution in [0.15, 0.2) is 18.2 Å². The molecule has 0 spiro atoms. The van der Waals surface area contributed by atoms with Crippen LogP contribution in [-0.4, -0.2) is 33.1 Å². The van der Waals surface area contributed by atoms with Gasteiger partial charge in [0.25, 0.3) is 0 Å². The monoisotopic (exact) mass is 238 g/mol. The number of methoxy groups -OCH3 is 2. The minimum absolute atomic E-state index is 0.0471. The van der Waals surface area contributed by atoms with Crippen LogP contribution in [0.25, 0.3) is 0 Å². The first-order valence-corrected chi connectivity index (χ1v) is 4.88. The molecule has 1 rings (SSSR count). The lowest BCUT2D eigenvalue weighted by Crippen LogP contribution is -2.17. The third kappa shape index (κ3) is 3.76. The molecule has 2 amide bonds. The van der Waals surface area contributed by atoms with Crippen molar-refractivity contribution in [3.8, 4) is 5.75 Å². The number of benzene rings is 1. The van der Waals surface area contributed by atoms with Gasteiger partial charge in [-0.05, 0) is 18.2 Å². The van der Waals surface area contributed by atoms with E-state index in [0.717, 1.165) is 0 Å². The topological polar surface area (TPSA) is 76.7 Å². The van der Waals surface area contributed by atoms with E-state index in [-0.39, 0.29) is 12.5 Å². The average Bonchev–Trinajstić information content (AvgIpc) is 2.30. The summed E-state index contributed by atoms with van der Waals surface area (Å²) in [5.74, 6) is 0.208. The summed E-state index contributed by atoms with van der Waals surface area (Å²) in [7, 11) is 2.93. The predicted molar refractivity (Wildman–Crippen MR) is 63.2 cm³/mol. The second-order valence-electron chi connectivity index (χ2n) is 3.16. The maximum atomic E-state index is 11.4. The van der Waals surface area contributed by atoms with Crippen LogP contribution in [-0.2, 0) is 14.3 Å². The van der Waals surface area contributed by atoms with Crippen molar-refractivity contribution in [1.82, 2.24) is 0 Å². The molecular weight excluding hydrogens is 224 g/mol. The van der Waals surface area contributed by atoms with Crippen molar-refractivity contribution in [1.29, 1.82) is 0 Å².